The van der Waals surface area contributed by atoms with Gasteiger partial charge in [0.2, 0.25) is 0 Å². The molecule has 0 heterocycles. The van der Waals surface area contributed by atoms with Gasteiger partial charge in [0.1, 0.15) is 6.61 Å². The van der Waals surface area contributed by atoms with Crippen molar-refractivity contribution in [1.82, 2.24) is 0 Å². The predicted molar refractivity (Wildman–Crippen MR) is 70.2 cm³/mol. The van der Waals surface area contributed by atoms with Gasteiger partial charge in [0, 0.05) is 29.1 Å². The summed E-state index contributed by atoms with van der Waals surface area (Å²) in [6.45, 7) is 5.49. The molecule has 0 spiro atoms. The van der Waals surface area contributed by atoms with Crippen LogP contribution in [0.3, 0.4) is 0 Å². The van der Waals surface area contributed by atoms with Crippen molar-refractivity contribution in [3.63, 3.8) is 0 Å². The smallest absolute Gasteiger partial charge is 0.333 e. The number of carbonyl (C=O) groups is 1. The van der Waals surface area contributed by atoms with Crippen molar-refractivity contribution in [2.75, 3.05) is 6.61 Å². The summed E-state index contributed by atoms with van der Waals surface area (Å²) in [6, 6.07) is 0. The molecule has 2 rings (SSSR count). The summed E-state index contributed by atoms with van der Waals surface area (Å²) in [6.07, 6.45) is 17.0. The molecule has 0 saturated carbocycles. The summed E-state index contributed by atoms with van der Waals surface area (Å²) in [5.74, 6) is -0.323. The fourth-order valence-electron chi connectivity index (χ4n) is 1.21. The molecule has 0 aromatic carbocycles. The topological polar surface area (TPSA) is 26.3 Å². The van der Waals surface area contributed by atoms with E-state index in [0.717, 1.165) is 12.0 Å². The molecule has 2 aliphatic carbocycles. The minimum atomic E-state index is -0.323. The second-order valence-electron chi connectivity index (χ2n) is 3.74. The first-order valence-corrected chi connectivity index (χ1v) is 5.55. The molecule has 0 saturated heterocycles. The molecular formula is C15H17FeO2. The van der Waals surface area contributed by atoms with E-state index in [2.05, 4.69) is 6.58 Å². The van der Waals surface area contributed by atoms with E-state index in [0.29, 0.717) is 12.2 Å². The van der Waals surface area contributed by atoms with Gasteiger partial charge in [-0.25, -0.2) is 4.79 Å². The number of hydrogen-bond acceptors (Lipinski definition) is 2. The molecule has 0 aromatic rings. The third kappa shape index (κ3) is 7.10. The van der Waals surface area contributed by atoms with Crippen LogP contribution in [0.5, 0.6) is 0 Å². The summed E-state index contributed by atoms with van der Waals surface area (Å²) in [4.78, 5) is 10.9. The van der Waals surface area contributed by atoms with Gasteiger partial charge in [-0.2, -0.15) is 0 Å². The van der Waals surface area contributed by atoms with Crippen molar-refractivity contribution in [2.24, 2.45) is 0 Å². The second-order valence-corrected chi connectivity index (χ2v) is 3.74. The van der Waals surface area contributed by atoms with Crippen LogP contribution in [-0.4, -0.2) is 12.6 Å². The van der Waals surface area contributed by atoms with Crippen molar-refractivity contribution in [3.05, 3.63) is 66.7 Å². The van der Waals surface area contributed by atoms with Gasteiger partial charge in [-0.1, -0.05) is 49.1 Å². The van der Waals surface area contributed by atoms with Crippen molar-refractivity contribution >= 4 is 5.97 Å². The van der Waals surface area contributed by atoms with E-state index < -0.39 is 0 Å². The second kappa shape index (κ2) is 9.69. The molecule has 0 bridgehead atoms. The molecule has 2 aliphatic rings. The van der Waals surface area contributed by atoms with Crippen molar-refractivity contribution in [1.29, 1.82) is 0 Å². The van der Waals surface area contributed by atoms with Crippen LogP contribution < -0.4 is 0 Å². The molecule has 97 valence electrons. The first kappa shape index (κ1) is 16.7. The van der Waals surface area contributed by atoms with Crippen molar-refractivity contribution in [2.45, 2.75) is 13.3 Å². The fraction of sp³-hybridized carbons (Fsp3) is 0.200. The Morgan fingerprint density at radius 1 is 1.33 bits per heavy atom. The largest absolute Gasteiger partial charge is 0.457 e. The molecule has 0 N–H and O–H groups in total. The van der Waals surface area contributed by atoms with Crippen molar-refractivity contribution in [3.8, 4) is 0 Å². The van der Waals surface area contributed by atoms with Crippen LogP contribution in [0.25, 0.3) is 0 Å². The Hall–Kier alpha value is -1.31. The van der Waals surface area contributed by atoms with Gasteiger partial charge in [0.25, 0.3) is 0 Å². The van der Waals surface area contributed by atoms with E-state index in [9.17, 15) is 4.79 Å². The Morgan fingerprint density at radius 2 is 2.00 bits per heavy atom. The van der Waals surface area contributed by atoms with Gasteiger partial charge in [0.15, 0.2) is 0 Å². The zero-order chi connectivity index (χ0) is 12.5. The number of carbonyl (C=O) groups excluding carboxylic acids is 1. The number of ether oxygens (including phenoxy) is 1. The number of esters is 1. The Bertz CT molecular complexity index is 391. The standard InChI is InChI=1S/C10H12O2.C5H5.Fe/c1-8(2)10(11)12-7-9-5-3-4-6-9;1-2-4-5-3-1;/h3,5-6H,1,4,7H2,2H3;1-5H;. The Kier molecular flexibility index (Phi) is 8.99. The van der Waals surface area contributed by atoms with E-state index in [4.69, 9.17) is 4.74 Å². The minimum Gasteiger partial charge on any atom is -0.457 e. The van der Waals surface area contributed by atoms with Crippen LogP contribution >= 0.6 is 0 Å². The van der Waals surface area contributed by atoms with Crippen LogP contribution in [0.2, 0.25) is 0 Å². The Morgan fingerprint density at radius 3 is 2.39 bits per heavy atom. The summed E-state index contributed by atoms with van der Waals surface area (Å²) in [5, 5.41) is 0. The summed E-state index contributed by atoms with van der Waals surface area (Å²) < 4.78 is 4.93. The molecule has 0 atom stereocenters. The van der Waals surface area contributed by atoms with E-state index in [1.165, 1.54) is 0 Å². The third-order valence-electron chi connectivity index (χ3n) is 2.12. The zero-order valence-corrected chi connectivity index (χ0v) is 11.5. The van der Waals surface area contributed by atoms with Gasteiger partial charge < -0.3 is 4.74 Å². The molecule has 1 radical (unpaired) electrons. The maximum Gasteiger partial charge on any atom is 0.333 e. The predicted octanol–water partition coefficient (Wildman–Crippen LogP) is 3.31. The Balaban J connectivity index is 0.000000405. The quantitative estimate of drug-likeness (QED) is 0.452. The van der Waals surface area contributed by atoms with Gasteiger partial charge >= 0.3 is 5.97 Å². The van der Waals surface area contributed by atoms with Gasteiger partial charge in [-0.3, -0.25) is 0 Å². The first-order valence-electron chi connectivity index (χ1n) is 5.55. The average molecular weight is 285 g/mol. The maximum absolute atomic E-state index is 10.9. The van der Waals surface area contributed by atoms with Crippen LogP contribution in [0.15, 0.2) is 60.3 Å². The molecule has 0 aliphatic heterocycles. The van der Waals surface area contributed by atoms with Gasteiger partial charge in [-0.15, -0.1) is 0 Å². The van der Waals surface area contributed by atoms with Crippen LogP contribution in [0.1, 0.15) is 13.3 Å². The molecule has 0 fully saturated rings. The number of hydrogen-bond donors (Lipinski definition) is 0. The first-order chi connectivity index (χ1) is 8.20. The molecule has 0 unspecified atom stereocenters. The SMILES string of the molecule is C=C(C)C(=O)OCC1=CCC=C1.[CH]1C=CC=C1.[Fe]. The average Bonchev–Trinajstić information content (AvgIpc) is 3.00. The van der Waals surface area contributed by atoms with Crippen LogP contribution in [-0.2, 0) is 26.6 Å². The Labute approximate surface area is 119 Å². The molecule has 2 nitrogen and oxygen atoms in total. The van der Waals surface area contributed by atoms with Gasteiger partial charge in [-0.05, 0) is 18.9 Å². The molecular weight excluding hydrogens is 268 g/mol. The van der Waals surface area contributed by atoms with E-state index in [1.807, 2.05) is 49.0 Å². The maximum atomic E-state index is 10.9. The molecule has 0 aromatic heterocycles. The van der Waals surface area contributed by atoms with E-state index >= 15 is 0 Å². The van der Waals surface area contributed by atoms with Gasteiger partial charge in [0.05, 0.1) is 0 Å². The fourth-order valence-corrected chi connectivity index (χ4v) is 1.21. The number of allylic oxidation sites excluding steroid dienone is 6. The van der Waals surface area contributed by atoms with Crippen LogP contribution in [0.4, 0.5) is 0 Å². The van der Waals surface area contributed by atoms with Crippen LogP contribution in [0, 0.1) is 6.42 Å². The monoisotopic (exact) mass is 285 g/mol. The molecule has 3 heteroatoms. The normalized spacial score (nSPS) is 14.4. The number of rotatable bonds is 3. The summed E-state index contributed by atoms with van der Waals surface area (Å²) in [5.41, 5.74) is 1.50. The summed E-state index contributed by atoms with van der Waals surface area (Å²) >= 11 is 0. The molecule has 18 heavy (non-hydrogen) atoms. The third-order valence-corrected chi connectivity index (χ3v) is 2.12. The zero-order valence-electron chi connectivity index (χ0n) is 10.4. The van der Waals surface area contributed by atoms with E-state index in [1.54, 1.807) is 6.92 Å². The van der Waals surface area contributed by atoms with Crippen molar-refractivity contribution < 1.29 is 26.6 Å². The minimum absolute atomic E-state index is 0. The molecule has 0 amide bonds. The van der Waals surface area contributed by atoms with E-state index in [-0.39, 0.29) is 23.0 Å². The summed E-state index contributed by atoms with van der Waals surface area (Å²) in [7, 11) is 0.